The standard InChI is InChI=1S/C22H27NO3/c1-16-7-6-10-19(17(16)2)14-23-12-11-22(21(25)26,20(24)15-23)13-18-8-4-3-5-9-18/h3-10,20,24H,11-15H2,1-2H3,(H,25,26)/t20-,22+/m0/s1. The van der Waals surface area contributed by atoms with Crippen LogP contribution in [0.3, 0.4) is 0 Å². The van der Waals surface area contributed by atoms with Gasteiger partial charge in [0.25, 0.3) is 0 Å². The summed E-state index contributed by atoms with van der Waals surface area (Å²) in [6.45, 7) is 6.00. The highest BCUT2D eigenvalue weighted by atomic mass is 16.4. The van der Waals surface area contributed by atoms with Crippen LogP contribution in [0.1, 0.15) is 28.7 Å². The Kier molecular flexibility index (Phi) is 5.44. The maximum atomic E-state index is 12.1. The number of nitrogens with zero attached hydrogens (tertiary/aromatic N) is 1. The van der Waals surface area contributed by atoms with Gasteiger partial charge in [-0.1, -0.05) is 48.5 Å². The molecule has 0 saturated carbocycles. The Morgan fingerprint density at radius 1 is 1.15 bits per heavy atom. The van der Waals surface area contributed by atoms with E-state index in [-0.39, 0.29) is 0 Å². The second-order valence-electron chi connectivity index (χ2n) is 7.48. The molecule has 0 spiro atoms. The van der Waals surface area contributed by atoms with E-state index in [4.69, 9.17) is 0 Å². The fourth-order valence-electron chi connectivity index (χ4n) is 3.89. The zero-order valence-electron chi connectivity index (χ0n) is 15.5. The zero-order chi connectivity index (χ0) is 18.7. The average molecular weight is 353 g/mol. The van der Waals surface area contributed by atoms with E-state index in [2.05, 4.69) is 36.9 Å². The molecule has 4 heteroatoms. The molecular weight excluding hydrogens is 326 g/mol. The third kappa shape index (κ3) is 3.67. The summed E-state index contributed by atoms with van der Waals surface area (Å²) in [5.74, 6) is -0.903. The van der Waals surface area contributed by atoms with E-state index in [0.29, 0.717) is 25.9 Å². The number of carbonyl (C=O) groups is 1. The molecule has 2 aromatic rings. The van der Waals surface area contributed by atoms with Gasteiger partial charge in [0.05, 0.1) is 6.10 Å². The van der Waals surface area contributed by atoms with Crippen molar-refractivity contribution in [3.05, 3.63) is 70.8 Å². The molecule has 1 saturated heterocycles. The van der Waals surface area contributed by atoms with Crippen LogP contribution in [0.4, 0.5) is 0 Å². The van der Waals surface area contributed by atoms with Crippen molar-refractivity contribution in [3.8, 4) is 0 Å². The molecule has 2 aromatic carbocycles. The summed E-state index contributed by atoms with van der Waals surface area (Å²) in [4.78, 5) is 14.2. The topological polar surface area (TPSA) is 60.8 Å². The number of aliphatic hydroxyl groups excluding tert-OH is 1. The second kappa shape index (κ2) is 7.60. The molecule has 2 atom stereocenters. The number of β-amino-alcohol motifs (C(OH)–C–C–N with tert-alkyl or cyclic N) is 1. The molecule has 1 heterocycles. The zero-order valence-corrected chi connectivity index (χ0v) is 15.5. The number of carboxylic acid groups (broad SMARTS) is 1. The van der Waals surface area contributed by atoms with Crippen LogP contribution >= 0.6 is 0 Å². The van der Waals surface area contributed by atoms with E-state index in [1.165, 1.54) is 16.7 Å². The molecule has 0 aliphatic carbocycles. The SMILES string of the molecule is Cc1cccc(CN2CC[C@](Cc3ccccc3)(C(=O)O)[C@@H](O)C2)c1C. The Bertz CT molecular complexity index is 774. The minimum atomic E-state index is -1.11. The highest BCUT2D eigenvalue weighted by molar-refractivity contribution is 5.76. The van der Waals surface area contributed by atoms with E-state index >= 15 is 0 Å². The van der Waals surface area contributed by atoms with Gasteiger partial charge >= 0.3 is 5.97 Å². The van der Waals surface area contributed by atoms with Crippen LogP contribution in [-0.4, -0.2) is 40.3 Å². The summed E-state index contributed by atoms with van der Waals surface area (Å²) in [6, 6.07) is 15.9. The van der Waals surface area contributed by atoms with Crippen molar-refractivity contribution in [2.24, 2.45) is 5.41 Å². The van der Waals surface area contributed by atoms with Crippen LogP contribution in [0.5, 0.6) is 0 Å². The molecule has 26 heavy (non-hydrogen) atoms. The summed E-state index contributed by atoms with van der Waals surface area (Å²) < 4.78 is 0. The van der Waals surface area contributed by atoms with Gasteiger partial charge in [-0.15, -0.1) is 0 Å². The lowest BCUT2D eigenvalue weighted by Gasteiger charge is -2.43. The number of rotatable bonds is 5. The lowest BCUT2D eigenvalue weighted by molar-refractivity contribution is -0.163. The lowest BCUT2D eigenvalue weighted by Crippen LogP contribution is -2.55. The summed E-state index contributed by atoms with van der Waals surface area (Å²) in [5, 5.41) is 20.7. The highest BCUT2D eigenvalue weighted by Gasteiger charge is 2.48. The van der Waals surface area contributed by atoms with Gasteiger partial charge in [0.2, 0.25) is 0 Å². The molecule has 0 radical (unpaired) electrons. The van der Waals surface area contributed by atoms with E-state index in [1.54, 1.807) is 0 Å². The van der Waals surface area contributed by atoms with E-state index in [0.717, 1.165) is 12.1 Å². The molecule has 0 bridgehead atoms. The first-order valence-corrected chi connectivity index (χ1v) is 9.15. The normalized spacial score (nSPS) is 23.7. The summed E-state index contributed by atoms with van der Waals surface area (Å²) >= 11 is 0. The quantitative estimate of drug-likeness (QED) is 0.867. The second-order valence-corrected chi connectivity index (χ2v) is 7.48. The van der Waals surface area contributed by atoms with Gasteiger partial charge in [0.15, 0.2) is 0 Å². The number of benzene rings is 2. The highest BCUT2D eigenvalue weighted by Crippen LogP contribution is 2.36. The molecule has 0 aromatic heterocycles. The predicted octanol–water partition coefficient (Wildman–Crippen LogP) is 3.18. The van der Waals surface area contributed by atoms with Crippen molar-refractivity contribution < 1.29 is 15.0 Å². The average Bonchev–Trinajstić information content (AvgIpc) is 2.62. The third-order valence-corrected chi connectivity index (χ3v) is 5.84. The molecule has 0 unspecified atom stereocenters. The molecular formula is C22H27NO3. The molecule has 0 amide bonds. The number of hydrogen-bond acceptors (Lipinski definition) is 3. The van der Waals surface area contributed by atoms with Gasteiger partial charge in [-0.05, 0) is 55.5 Å². The first-order valence-electron chi connectivity index (χ1n) is 9.15. The maximum Gasteiger partial charge on any atom is 0.312 e. The number of likely N-dealkylation sites (tertiary alicyclic amines) is 1. The van der Waals surface area contributed by atoms with Crippen LogP contribution in [0.15, 0.2) is 48.5 Å². The van der Waals surface area contributed by atoms with Crippen molar-refractivity contribution in [1.82, 2.24) is 4.90 Å². The van der Waals surface area contributed by atoms with Crippen molar-refractivity contribution in [2.45, 2.75) is 39.3 Å². The van der Waals surface area contributed by atoms with E-state index in [9.17, 15) is 15.0 Å². The van der Waals surface area contributed by atoms with Crippen LogP contribution < -0.4 is 0 Å². The predicted molar refractivity (Wildman–Crippen MR) is 102 cm³/mol. The van der Waals surface area contributed by atoms with Crippen molar-refractivity contribution in [2.75, 3.05) is 13.1 Å². The number of carboxylic acids is 1. The lowest BCUT2D eigenvalue weighted by atomic mass is 9.71. The van der Waals surface area contributed by atoms with Gasteiger partial charge in [-0.2, -0.15) is 0 Å². The van der Waals surface area contributed by atoms with Gasteiger partial charge in [0.1, 0.15) is 5.41 Å². The third-order valence-electron chi connectivity index (χ3n) is 5.84. The molecule has 138 valence electrons. The van der Waals surface area contributed by atoms with E-state index < -0.39 is 17.5 Å². The van der Waals surface area contributed by atoms with E-state index in [1.807, 2.05) is 30.3 Å². The fourth-order valence-corrected chi connectivity index (χ4v) is 3.89. The Balaban J connectivity index is 1.75. The Morgan fingerprint density at radius 2 is 1.88 bits per heavy atom. The molecule has 4 nitrogen and oxygen atoms in total. The van der Waals surface area contributed by atoms with Crippen molar-refractivity contribution in [1.29, 1.82) is 0 Å². The minimum absolute atomic E-state index is 0.363. The van der Waals surface area contributed by atoms with Crippen molar-refractivity contribution in [3.63, 3.8) is 0 Å². The molecule has 2 N–H and O–H groups in total. The largest absolute Gasteiger partial charge is 0.481 e. The van der Waals surface area contributed by atoms with Gasteiger partial charge in [0, 0.05) is 13.1 Å². The van der Waals surface area contributed by atoms with Crippen LogP contribution in [0.2, 0.25) is 0 Å². The number of aliphatic hydroxyl groups is 1. The summed E-state index contributed by atoms with van der Waals surface area (Å²) in [7, 11) is 0. The summed E-state index contributed by atoms with van der Waals surface area (Å²) in [5.41, 5.74) is 3.60. The molecule has 1 aliphatic rings. The number of hydrogen-bond donors (Lipinski definition) is 2. The Labute approximate surface area is 155 Å². The molecule has 1 fully saturated rings. The van der Waals surface area contributed by atoms with Gasteiger partial charge in [-0.3, -0.25) is 9.69 Å². The summed E-state index contributed by atoms with van der Waals surface area (Å²) in [6.07, 6.45) is -0.0793. The monoisotopic (exact) mass is 353 g/mol. The molecule has 3 rings (SSSR count). The number of aryl methyl sites for hydroxylation is 1. The van der Waals surface area contributed by atoms with Crippen LogP contribution in [0, 0.1) is 19.3 Å². The van der Waals surface area contributed by atoms with Gasteiger partial charge in [-0.25, -0.2) is 0 Å². The van der Waals surface area contributed by atoms with Gasteiger partial charge < -0.3 is 10.2 Å². The smallest absolute Gasteiger partial charge is 0.312 e. The maximum absolute atomic E-state index is 12.1. The Morgan fingerprint density at radius 3 is 2.54 bits per heavy atom. The number of aliphatic carboxylic acids is 1. The first-order chi connectivity index (χ1) is 12.4. The van der Waals surface area contributed by atoms with Crippen molar-refractivity contribution >= 4 is 5.97 Å². The van der Waals surface area contributed by atoms with Crippen LogP contribution in [-0.2, 0) is 17.8 Å². The van der Waals surface area contributed by atoms with Crippen LogP contribution in [0.25, 0.3) is 0 Å². The number of piperidine rings is 1. The fraction of sp³-hybridized carbons (Fsp3) is 0.409. The molecule has 1 aliphatic heterocycles. The first kappa shape index (κ1) is 18.6. The minimum Gasteiger partial charge on any atom is -0.481 e. The Hall–Kier alpha value is -2.17.